The van der Waals surface area contributed by atoms with E-state index in [-0.39, 0.29) is 38.6 Å². The van der Waals surface area contributed by atoms with Crippen molar-refractivity contribution in [1.29, 1.82) is 0 Å². The number of aromatic nitrogens is 5. The molecule has 2 N–H and O–H groups in total. The average Bonchev–Trinajstić information content (AvgIpc) is 3.29. The molecule has 2 aliphatic carbocycles. The molecule has 6 rings (SSSR count). The first kappa shape index (κ1) is 35.7. The second-order valence-electron chi connectivity index (χ2n) is 11.1. The summed E-state index contributed by atoms with van der Waals surface area (Å²) in [7, 11) is 0. The van der Waals surface area contributed by atoms with Crippen LogP contribution in [0, 0.1) is 18.8 Å². The Morgan fingerprint density at radius 2 is 1.91 bits per heavy atom. The lowest BCUT2D eigenvalue weighted by Crippen LogP contribution is -2.38. The van der Waals surface area contributed by atoms with Gasteiger partial charge < -0.3 is 15.1 Å². The molecule has 4 heterocycles. The molecule has 3 aromatic heterocycles. The van der Waals surface area contributed by atoms with Crippen molar-refractivity contribution in [2.75, 3.05) is 0 Å². The van der Waals surface area contributed by atoms with Crippen LogP contribution in [0.5, 0.6) is 0 Å². The summed E-state index contributed by atoms with van der Waals surface area (Å²) in [4.78, 5) is 26.3. The number of halogens is 7. The normalized spacial score (nSPS) is 20.6. The van der Waals surface area contributed by atoms with Gasteiger partial charge in [0.15, 0.2) is 5.65 Å². The lowest BCUT2D eigenvalue weighted by atomic mass is 9.97. The summed E-state index contributed by atoms with van der Waals surface area (Å²) in [6, 6.07) is -0.120. The molecule has 0 radical (unpaired) electrons. The van der Waals surface area contributed by atoms with Gasteiger partial charge >= 0.3 is 6.18 Å². The van der Waals surface area contributed by atoms with E-state index in [1.165, 1.54) is 17.1 Å². The van der Waals surface area contributed by atoms with E-state index in [2.05, 4.69) is 30.0 Å². The van der Waals surface area contributed by atoms with Gasteiger partial charge in [-0.15, -0.1) is 10.2 Å². The largest absolute Gasteiger partial charge is 0.428 e. The number of nitrogens with zero attached hydrogens (tertiary/aromatic N) is 5. The number of nitrogens with one attached hydrogen (secondary N) is 2. The summed E-state index contributed by atoms with van der Waals surface area (Å²) >= 11 is 0. The molecular weight excluding hydrogens is 615 g/mol. The molecule has 0 spiro atoms. The molecule has 2 atom stereocenters. The summed E-state index contributed by atoms with van der Waals surface area (Å²) in [5.74, 6) is -2.68. The maximum atomic E-state index is 12.7. The summed E-state index contributed by atoms with van der Waals surface area (Å²) in [5.41, 5.74) is 1.73. The van der Waals surface area contributed by atoms with Crippen LogP contribution in [-0.2, 0) is 22.6 Å². The first-order valence-corrected chi connectivity index (χ1v) is 14.5. The lowest BCUT2D eigenvalue weighted by molar-refractivity contribution is -0.154. The minimum absolute atomic E-state index is 0.118. The lowest BCUT2D eigenvalue weighted by Gasteiger charge is -2.20. The van der Waals surface area contributed by atoms with Crippen molar-refractivity contribution >= 4 is 18.0 Å². The van der Waals surface area contributed by atoms with Gasteiger partial charge in [-0.3, -0.25) is 9.59 Å². The predicted octanol–water partition coefficient (Wildman–Crippen LogP) is 5.60. The van der Waals surface area contributed by atoms with E-state index in [1.54, 1.807) is 19.2 Å². The quantitative estimate of drug-likeness (QED) is 0.252. The number of rotatable bonds is 7. The molecule has 0 aromatic carbocycles. The Bertz CT molecular complexity index is 1320. The number of fused-ring (bicyclic) bond motifs is 1. The maximum Gasteiger partial charge on any atom is 0.408 e. The van der Waals surface area contributed by atoms with Crippen molar-refractivity contribution in [3.63, 3.8) is 0 Å². The maximum absolute atomic E-state index is 12.7. The fourth-order valence-electron chi connectivity index (χ4n) is 4.63. The summed E-state index contributed by atoms with van der Waals surface area (Å²) in [6.07, 6.45) is 3.24. The van der Waals surface area contributed by atoms with Gasteiger partial charge in [0.25, 0.3) is 0 Å². The van der Waals surface area contributed by atoms with Gasteiger partial charge in [-0.1, -0.05) is 6.42 Å². The molecular formula is C28H36F7N7O3. The van der Waals surface area contributed by atoms with Crippen LogP contribution in [0.4, 0.5) is 30.7 Å². The Morgan fingerprint density at radius 1 is 1.20 bits per heavy atom. The molecule has 45 heavy (non-hydrogen) atoms. The second kappa shape index (κ2) is 16.5. The minimum Gasteiger partial charge on any atom is -0.428 e. The van der Waals surface area contributed by atoms with Crippen molar-refractivity contribution in [2.24, 2.45) is 11.8 Å². The van der Waals surface area contributed by atoms with Crippen LogP contribution in [0.3, 0.4) is 0 Å². The smallest absolute Gasteiger partial charge is 0.408 e. The van der Waals surface area contributed by atoms with Gasteiger partial charge in [-0.2, -0.15) is 18.3 Å². The van der Waals surface area contributed by atoms with Gasteiger partial charge in [0.1, 0.15) is 6.04 Å². The van der Waals surface area contributed by atoms with E-state index in [4.69, 9.17) is 0 Å². The third-order valence-electron chi connectivity index (χ3n) is 7.14. The molecule has 2 saturated carbocycles. The molecule has 250 valence electrons. The molecule has 1 saturated heterocycles. The van der Waals surface area contributed by atoms with E-state index in [0.717, 1.165) is 19.3 Å². The molecule has 3 fully saturated rings. The van der Waals surface area contributed by atoms with Crippen LogP contribution < -0.4 is 10.6 Å². The molecule has 3 aliphatic rings. The number of amides is 2. The van der Waals surface area contributed by atoms with Crippen molar-refractivity contribution < 1.29 is 44.7 Å². The van der Waals surface area contributed by atoms with Crippen LogP contribution in [0.15, 0.2) is 29.3 Å². The van der Waals surface area contributed by atoms with E-state index in [0.29, 0.717) is 48.0 Å². The number of alkyl halides is 7. The van der Waals surface area contributed by atoms with Crippen molar-refractivity contribution in [1.82, 2.24) is 35.4 Å². The Balaban J connectivity index is 0.000000211. The SMILES string of the molecule is Cc1nnco1.FC(F)CC1CC1.FC1(F)CCCCC1.O=CNCc1cn2ncc(CC3CC(C(F)(F)F)NC3=O)cc2n1. The molecule has 10 nitrogen and oxygen atoms in total. The molecule has 2 unspecified atom stereocenters. The number of imidazole rings is 1. The van der Waals surface area contributed by atoms with Crippen molar-refractivity contribution in [3.8, 4) is 0 Å². The molecule has 1 aliphatic heterocycles. The van der Waals surface area contributed by atoms with Gasteiger partial charge in [0.2, 0.25) is 36.9 Å². The monoisotopic (exact) mass is 651 g/mol. The first-order chi connectivity index (χ1) is 21.3. The standard InChI is InChI=1S/C14H14F3N5O2.C6H10F2.C5H8F2.C3H4N2O/c15-14(16,17)11-3-9(13(24)21-11)1-8-2-12-20-10(5-18-7-23)6-22(12)19-4-8;7-6(8)4-2-1-3-5-6;6-5(7)3-4-1-2-4;1-3-5-4-2-6-3/h2,4,6-7,9,11H,1,3,5H2,(H,18,23)(H,21,24);1-5H2;4-5H,1-3H2;2H,1H3. The Kier molecular flexibility index (Phi) is 13.1. The van der Waals surface area contributed by atoms with Crippen LogP contribution in [0.1, 0.15) is 74.9 Å². The highest BCUT2D eigenvalue weighted by molar-refractivity contribution is 5.81. The highest BCUT2D eigenvalue weighted by atomic mass is 19.4. The number of carbonyl (C=O) groups excluding carboxylic acids is 2. The average molecular weight is 652 g/mol. The summed E-state index contributed by atoms with van der Waals surface area (Å²) in [5, 5.41) is 15.5. The number of hydrogen-bond donors (Lipinski definition) is 2. The molecule has 3 aromatic rings. The third kappa shape index (κ3) is 13.0. The number of hydrogen-bond acceptors (Lipinski definition) is 7. The second-order valence-corrected chi connectivity index (χ2v) is 11.1. The minimum atomic E-state index is -4.43. The Morgan fingerprint density at radius 3 is 2.36 bits per heavy atom. The Hall–Kier alpha value is -3.79. The van der Waals surface area contributed by atoms with E-state index < -0.39 is 36.4 Å². The summed E-state index contributed by atoms with van der Waals surface area (Å²) in [6.45, 7) is 1.99. The number of carbonyl (C=O) groups is 2. The van der Waals surface area contributed by atoms with E-state index >= 15 is 0 Å². The fourth-order valence-corrected chi connectivity index (χ4v) is 4.63. The highest BCUT2D eigenvalue weighted by Crippen LogP contribution is 2.34. The zero-order valence-corrected chi connectivity index (χ0v) is 24.6. The third-order valence-corrected chi connectivity index (χ3v) is 7.14. The van der Waals surface area contributed by atoms with Crippen LogP contribution in [0.25, 0.3) is 5.65 Å². The molecule has 0 bridgehead atoms. The topological polar surface area (TPSA) is 127 Å². The van der Waals surface area contributed by atoms with Gasteiger partial charge in [-0.05, 0) is 56.1 Å². The van der Waals surface area contributed by atoms with E-state index in [9.17, 15) is 40.3 Å². The first-order valence-electron chi connectivity index (χ1n) is 14.5. The fraction of sp³-hybridized carbons (Fsp3) is 0.643. The summed E-state index contributed by atoms with van der Waals surface area (Å²) < 4.78 is 91.2. The van der Waals surface area contributed by atoms with Crippen LogP contribution in [-0.4, -0.2) is 61.7 Å². The van der Waals surface area contributed by atoms with E-state index in [1.807, 2.05) is 5.32 Å². The zero-order chi connectivity index (χ0) is 33.0. The van der Waals surface area contributed by atoms with Crippen LogP contribution >= 0.6 is 0 Å². The predicted molar refractivity (Wildman–Crippen MR) is 146 cm³/mol. The van der Waals surface area contributed by atoms with Gasteiger partial charge in [0.05, 0.1) is 24.6 Å². The van der Waals surface area contributed by atoms with Crippen LogP contribution in [0.2, 0.25) is 0 Å². The zero-order valence-electron chi connectivity index (χ0n) is 24.6. The molecule has 17 heteroatoms. The van der Waals surface area contributed by atoms with Crippen molar-refractivity contribution in [2.45, 2.75) is 102 Å². The molecule has 2 amide bonds. The Labute approximate surface area is 254 Å². The van der Waals surface area contributed by atoms with Crippen molar-refractivity contribution in [3.05, 3.63) is 42.0 Å². The highest BCUT2D eigenvalue weighted by Gasteiger charge is 2.47. The number of aryl methyl sites for hydroxylation is 1. The van der Waals surface area contributed by atoms with Gasteiger partial charge in [0, 0.05) is 32.1 Å². The van der Waals surface area contributed by atoms with Gasteiger partial charge in [-0.25, -0.2) is 27.1 Å².